The minimum Gasteiger partial charge on any atom is -0.381 e. The van der Waals surface area contributed by atoms with E-state index >= 15 is 0 Å². The van der Waals surface area contributed by atoms with Crippen molar-refractivity contribution in [1.82, 2.24) is 5.32 Å². The summed E-state index contributed by atoms with van der Waals surface area (Å²) in [5.74, 6) is -0.225. The first-order chi connectivity index (χ1) is 10.6. The summed E-state index contributed by atoms with van der Waals surface area (Å²) in [5.41, 5.74) is 7.22. The molecule has 6 heteroatoms. The highest BCUT2D eigenvalue weighted by molar-refractivity contribution is 8.00. The van der Waals surface area contributed by atoms with Crippen LogP contribution in [0.15, 0.2) is 30.3 Å². The molecule has 1 amide bonds. The summed E-state index contributed by atoms with van der Waals surface area (Å²) in [6.07, 6.45) is 4.07. The number of nitrogens with one attached hydrogen (secondary N) is 1. The molecule has 1 heterocycles. The maximum Gasteiger partial charge on any atom is 0.224 e. The number of thioether (sulfide) groups is 1. The van der Waals surface area contributed by atoms with Crippen LogP contribution in [0.5, 0.6) is 0 Å². The number of ether oxygens (including phenoxy) is 1. The second-order valence-corrected chi connectivity index (χ2v) is 7.22. The van der Waals surface area contributed by atoms with Gasteiger partial charge in [0.05, 0.1) is 5.92 Å². The van der Waals surface area contributed by atoms with E-state index in [1.54, 1.807) is 0 Å². The molecule has 0 radical (unpaired) electrons. The average Bonchev–Trinajstić information content (AvgIpc) is 2.60. The van der Waals surface area contributed by atoms with E-state index in [-0.39, 0.29) is 35.0 Å². The molecule has 1 aliphatic heterocycles. The first-order valence-corrected chi connectivity index (χ1v) is 9.01. The Morgan fingerprint density at radius 2 is 1.96 bits per heavy atom. The zero-order valence-electron chi connectivity index (χ0n) is 13.8. The van der Waals surface area contributed by atoms with Crippen LogP contribution in [-0.4, -0.2) is 36.7 Å². The van der Waals surface area contributed by atoms with E-state index in [1.807, 2.05) is 49.0 Å². The molecule has 3 N–H and O–H groups in total. The summed E-state index contributed by atoms with van der Waals surface area (Å²) in [6, 6.07) is 9.51. The first kappa shape index (κ1) is 20.3. The maximum absolute atomic E-state index is 12.4. The zero-order valence-corrected chi connectivity index (χ0v) is 15.4. The summed E-state index contributed by atoms with van der Waals surface area (Å²) in [4.78, 5) is 12.4. The van der Waals surface area contributed by atoms with Gasteiger partial charge in [0.15, 0.2) is 0 Å². The molecule has 0 saturated carbocycles. The Balaban J connectivity index is 0.00000264. The molecule has 0 aromatic heterocycles. The molecule has 1 fully saturated rings. The van der Waals surface area contributed by atoms with Gasteiger partial charge < -0.3 is 15.8 Å². The molecule has 2 rings (SSSR count). The lowest BCUT2D eigenvalue weighted by Crippen LogP contribution is -2.46. The minimum absolute atomic E-state index is 0. The predicted molar refractivity (Wildman–Crippen MR) is 99.1 cm³/mol. The van der Waals surface area contributed by atoms with Crippen molar-refractivity contribution in [2.24, 2.45) is 11.7 Å². The number of halogens is 1. The van der Waals surface area contributed by atoms with Gasteiger partial charge in [-0.1, -0.05) is 37.3 Å². The molecule has 1 aromatic rings. The van der Waals surface area contributed by atoms with Crippen molar-refractivity contribution < 1.29 is 9.53 Å². The summed E-state index contributed by atoms with van der Waals surface area (Å²) >= 11 is 1.83. The number of hydrogen-bond donors (Lipinski definition) is 2. The summed E-state index contributed by atoms with van der Waals surface area (Å²) in [6.45, 7) is 4.12. The van der Waals surface area contributed by atoms with Crippen molar-refractivity contribution in [1.29, 1.82) is 0 Å². The van der Waals surface area contributed by atoms with Gasteiger partial charge in [-0.2, -0.15) is 11.8 Å². The number of amides is 1. The van der Waals surface area contributed by atoms with Crippen molar-refractivity contribution >= 4 is 30.1 Å². The Bertz CT molecular complexity index is 481. The van der Waals surface area contributed by atoms with Gasteiger partial charge in [-0.25, -0.2) is 0 Å². The van der Waals surface area contributed by atoms with Gasteiger partial charge in [0.2, 0.25) is 5.91 Å². The smallest absolute Gasteiger partial charge is 0.224 e. The van der Waals surface area contributed by atoms with E-state index in [4.69, 9.17) is 10.5 Å². The Labute approximate surface area is 149 Å². The molecular formula is C17H27ClN2O2S. The number of hydrogen-bond acceptors (Lipinski definition) is 4. The number of carbonyl (C=O) groups is 1. The van der Waals surface area contributed by atoms with Gasteiger partial charge in [0.25, 0.3) is 0 Å². The van der Waals surface area contributed by atoms with E-state index < -0.39 is 0 Å². The highest BCUT2D eigenvalue weighted by Gasteiger charge is 2.33. The fourth-order valence-corrected chi connectivity index (χ4v) is 3.52. The average molecular weight is 359 g/mol. The van der Waals surface area contributed by atoms with Gasteiger partial charge >= 0.3 is 0 Å². The normalized spacial score (nSPS) is 19.3. The fourth-order valence-electron chi connectivity index (χ4n) is 2.73. The number of rotatable bonds is 6. The molecule has 1 aliphatic rings. The Morgan fingerprint density at radius 1 is 1.35 bits per heavy atom. The maximum atomic E-state index is 12.4. The van der Waals surface area contributed by atoms with Crippen LogP contribution in [0.25, 0.3) is 0 Å². The zero-order chi connectivity index (χ0) is 16.0. The van der Waals surface area contributed by atoms with Gasteiger partial charge in [-0.15, -0.1) is 12.4 Å². The van der Waals surface area contributed by atoms with E-state index in [0.717, 1.165) is 31.6 Å². The van der Waals surface area contributed by atoms with Gasteiger partial charge in [-0.3, -0.25) is 4.79 Å². The summed E-state index contributed by atoms with van der Waals surface area (Å²) in [7, 11) is 0. The monoisotopic (exact) mass is 358 g/mol. The second kappa shape index (κ2) is 9.52. The van der Waals surface area contributed by atoms with Crippen molar-refractivity contribution in [3.05, 3.63) is 35.9 Å². The van der Waals surface area contributed by atoms with Gasteiger partial charge in [0, 0.05) is 30.5 Å². The highest BCUT2D eigenvalue weighted by atomic mass is 35.5. The number of carbonyl (C=O) groups excluding carboxylic acids is 1. The van der Waals surface area contributed by atoms with Crippen LogP contribution in [-0.2, 0) is 9.53 Å². The third-order valence-corrected chi connectivity index (χ3v) is 5.98. The van der Waals surface area contributed by atoms with Gasteiger partial charge in [-0.05, 0) is 24.7 Å². The predicted octanol–water partition coefficient (Wildman–Crippen LogP) is 2.77. The van der Waals surface area contributed by atoms with E-state index in [0.29, 0.717) is 6.54 Å². The lowest BCUT2D eigenvalue weighted by molar-refractivity contribution is -0.125. The molecular weight excluding hydrogens is 332 g/mol. The van der Waals surface area contributed by atoms with Crippen molar-refractivity contribution in [3.8, 4) is 0 Å². The van der Waals surface area contributed by atoms with Crippen molar-refractivity contribution in [2.45, 2.75) is 30.6 Å². The second-order valence-electron chi connectivity index (χ2n) is 5.94. The largest absolute Gasteiger partial charge is 0.381 e. The minimum atomic E-state index is -0.277. The Morgan fingerprint density at radius 3 is 2.52 bits per heavy atom. The van der Waals surface area contributed by atoms with Crippen LogP contribution < -0.4 is 11.1 Å². The quantitative estimate of drug-likeness (QED) is 0.820. The first-order valence-electron chi connectivity index (χ1n) is 7.79. The van der Waals surface area contributed by atoms with E-state index in [2.05, 4.69) is 11.6 Å². The standard InChI is InChI=1S/C17H26N2O2S.ClH/c1-13(15(18)14-6-4-3-5-7-14)16(20)19-12-17(22-2)8-10-21-11-9-17;/h3-7,13,15H,8-12,18H2,1-2H3,(H,19,20);1H. The summed E-state index contributed by atoms with van der Waals surface area (Å²) in [5, 5.41) is 3.10. The highest BCUT2D eigenvalue weighted by Crippen LogP contribution is 2.33. The summed E-state index contributed by atoms with van der Waals surface area (Å²) < 4.78 is 5.53. The molecule has 0 aliphatic carbocycles. The van der Waals surface area contributed by atoms with Crippen molar-refractivity contribution in [2.75, 3.05) is 26.0 Å². The molecule has 0 bridgehead atoms. The van der Waals surface area contributed by atoms with Crippen LogP contribution in [0.2, 0.25) is 0 Å². The molecule has 2 unspecified atom stereocenters. The van der Waals surface area contributed by atoms with Crippen molar-refractivity contribution in [3.63, 3.8) is 0 Å². The fraction of sp³-hybridized carbons (Fsp3) is 0.588. The molecule has 4 nitrogen and oxygen atoms in total. The Hall–Kier alpha value is -0.750. The third-order valence-electron chi connectivity index (χ3n) is 4.56. The Kier molecular flexibility index (Phi) is 8.40. The molecule has 0 spiro atoms. The lowest BCUT2D eigenvalue weighted by Gasteiger charge is -2.36. The molecule has 130 valence electrons. The number of benzene rings is 1. The molecule has 2 atom stereocenters. The van der Waals surface area contributed by atoms with Crippen LogP contribution in [0.3, 0.4) is 0 Å². The van der Waals surface area contributed by atoms with Crippen LogP contribution in [0.4, 0.5) is 0 Å². The van der Waals surface area contributed by atoms with Crippen LogP contribution >= 0.6 is 24.2 Å². The van der Waals surface area contributed by atoms with Crippen LogP contribution in [0.1, 0.15) is 31.4 Å². The van der Waals surface area contributed by atoms with Crippen LogP contribution in [0, 0.1) is 5.92 Å². The molecule has 1 aromatic carbocycles. The topological polar surface area (TPSA) is 64.4 Å². The lowest BCUT2D eigenvalue weighted by atomic mass is 9.94. The van der Waals surface area contributed by atoms with Gasteiger partial charge in [0.1, 0.15) is 0 Å². The molecule has 23 heavy (non-hydrogen) atoms. The third kappa shape index (κ3) is 5.38. The van der Waals surface area contributed by atoms with E-state index in [1.165, 1.54) is 0 Å². The van der Waals surface area contributed by atoms with E-state index in [9.17, 15) is 4.79 Å². The molecule has 1 saturated heterocycles. The SMILES string of the molecule is CSC1(CNC(=O)C(C)C(N)c2ccccc2)CCOCC1.Cl. The number of nitrogens with two attached hydrogens (primary N) is 1.